The summed E-state index contributed by atoms with van der Waals surface area (Å²) < 4.78 is 0. The number of hydrogen-bond acceptors (Lipinski definition) is 4. The molecule has 0 bridgehead atoms. The van der Waals surface area contributed by atoms with Gasteiger partial charge in [-0.3, -0.25) is 9.59 Å². The lowest BCUT2D eigenvalue weighted by molar-refractivity contribution is 0.0696. The van der Waals surface area contributed by atoms with Crippen LogP contribution in [-0.2, 0) is 0 Å². The highest BCUT2D eigenvalue weighted by Gasteiger charge is 2.38. The average Bonchev–Trinajstić information content (AvgIpc) is 2.78. The van der Waals surface area contributed by atoms with Gasteiger partial charge in [-0.2, -0.15) is 5.26 Å². The van der Waals surface area contributed by atoms with Crippen molar-refractivity contribution >= 4 is 23.5 Å². The number of nitriles is 1. The zero-order valence-corrected chi connectivity index (χ0v) is 11.1. The van der Waals surface area contributed by atoms with Crippen molar-refractivity contribution in [2.75, 3.05) is 4.90 Å². The maximum Gasteiger partial charge on any atom is 0.335 e. The van der Waals surface area contributed by atoms with Gasteiger partial charge in [0, 0.05) is 0 Å². The number of amides is 2. The van der Waals surface area contributed by atoms with Gasteiger partial charge in [-0.15, -0.1) is 0 Å². The fourth-order valence-electron chi connectivity index (χ4n) is 2.36. The summed E-state index contributed by atoms with van der Waals surface area (Å²) in [5.74, 6) is -2.38. The summed E-state index contributed by atoms with van der Waals surface area (Å²) in [6.45, 7) is 0. The summed E-state index contributed by atoms with van der Waals surface area (Å²) in [6.07, 6.45) is 0. The van der Waals surface area contributed by atoms with Crippen molar-refractivity contribution in [2.45, 2.75) is 0 Å². The second-order valence-corrected chi connectivity index (χ2v) is 4.64. The van der Waals surface area contributed by atoms with Crippen LogP contribution in [0.1, 0.15) is 36.6 Å². The molecule has 3 rings (SSSR count). The molecule has 0 radical (unpaired) electrons. The van der Waals surface area contributed by atoms with Crippen LogP contribution >= 0.6 is 0 Å². The first-order valence-corrected chi connectivity index (χ1v) is 6.30. The summed E-state index contributed by atoms with van der Waals surface area (Å²) in [7, 11) is 0. The molecule has 2 aromatic rings. The van der Waals surface area contributed by atoms with Gasteiger partial charge in [-0.1, -0.05) is 12.1 Å². The smallest absolute Gasteiger partial charge is 0.335 e. The van der Waals surface area contributed by atoms with Gasteiger partial charge < -0.3 is 5.11 Å². The molecule has 0 aromatic heterocycles. The van der Waals surface area contributed by atoms with E-state index in [0.29, 0.717) is 0 Å². The van der Waals surface area contributed by atoms with Gasteiger partial charge in [0.2, 0.25) is 0 Å². The van der Waals surface area contributed by atoms with Crippen LogP contribution in [0, 0.1) is 11.3 Å². The Morgan fingerprint density at radius 1 is 1.05 bits per heavy atom. The molecule has 0 spiro atoms. The minimum absolute atomic E-state index is 0.0256. The van der Waals surface area contributed by atoms with Gasteiger partial charge >= 0.3 is 5.97 Å². The lowest BCUT2D eigenvalue weighted by Crippen LogP contribution is -2.30. The highest BCUT2D eigenvalue weighted by atomic mass is 16.4. The van der Waals surface area contributed by atoms with Crippen LogP contribution in [0.4, 0.5) is 5.69 Å². The molecule has 0 saturated carbocycles. The Balaban J connectivity index is 2.15. The number of imide groups is 1. The number of carboxylic acids is 1. The quantitative estimate of drug-likeness (QED) is 0.854. The van der Waals surface area contributed by atoms with Crippen LogP contribution in [0.15, 0.2) is 42.5 Å². The first kappa shape index (κ1) is 13.5. The Morgan fingerprint density at radius 3 is 2.41 bits per heavy atom. The number of fused-ring (bicyclic) bond motifs is 1. The monoisotopic (exact) mass is 292 g/mol. The Kier molecular flexibility index (Phi) is 2.96. The van der Waals surface area contributed by atoms with Crippen LogP contribution in [0.25, 0.3) is 0 Å². The number of hydrogen-bond donors (Lipinski definition) is 1. The van der Waals surface area contributed by atoms with Crippen molar-refractivity contribution in [3.63, 3.8) is 0 Å². The van der Waals surface area contributed by atoms with Gasteiger partial charge in [0.15, 0.2) is 0 Å². The summed E-state index contributed by atoms with van der Waals surface area (Å²) in [6, 6.07) is 11.9. The van der Waals surface area contributed by atoms with E-state index in [2.05, 4.69) is 0 Å². The molecule has 0 aliphatic carbocycles. The Labute approximate surface area is 124 Å². The summed E-state index contributed by atoms with van der Waals surface area (Å²) >= 11 is 0. The number of para-hydroxylation sites is 1. The van der Waals surface area contributed by atoms with Gasteiger partial charge in [0.25, 0.3) is 11.8 Å². The van der Waals surface area contributed by atoms with Crippen LogP contribution in [0.5, 0.6) is 0 Å². The van der Waals surface area contributed by atoms with Crippen molar-refractivity contribution in [3.8, 4) is 6.07 Å². The number of benzene rings is 2. The first-order valence-electron chi connectivity index (χ1n) is 6.30. The predicted octanol–water partition coefficient (Wildman–Crippen LogP) is 2.06. The third-order valence-corrected chi connectivity index (χ3v) is 3.40. The fourth-order valence-corrected chi connectivity index (χ4v) is 2.36. The van der Waals surface area contributed by atoms with Crippen LogP contribution in [0.2, 0.25) is 0 Å². The third-order valence-electron chi connectivity index (χ3n) is 3.40. The van der Waals surface area contributed by atoms with E-state index in [1.165, 1.54) is 30.3 Å². The normalized spacial score (nSPS) is 13.0. The maximum absolute atomic E-state index is 12.5. The van der Waals surface area contributed by atoms with E-state index in [0.717, 1.165) is 4.90 Å². The predicted molar refractivity (Wildman–Crippen MR) is 75.7 cm³/mol. The molecule has 2 aromatic carbocycles. The zero-order chi connectivity index (χ0) is 15.9. The van der Waals surface area contributed by atoms with Crippen LogP contribution < -0.4 is 4.90 Å². The van der Waals surface area contributed by atoms with Crippen LogP contribution in [-0.4, -0.2) is 22.9 Å². The standard InChI is InChI=1S/C16H8N2O4/c17-8-10-3-1-2-4-13(10)18-14(19)11-6-5-9(16(21)22)7-12(11)15(18)20/h1-7H,(H,21,22). The SMILES string of the molecule is N#Cc1ccccc1N1C(=O)c2ccc(C(=O)O)cc2C1=O. The van der Waals surface area contributed by atoms with Gasteiger partial charge in [0.1, 0.15) is 6.07 Å². The van der Waals surface area contributed by atoms with E-state index < -0.39 is 17.8 Å². The molecule has 1 heterocycles. The Morgan fingerprint density at radius 2 is 1.73 bits per heavy atom. The highest BCUT2D eigenvalue weighted by Crippen LogP contribution is 2.31. The summed E-state index contributed by atoms with van der Waals surface area (Å²) in [4.78, 5) is 36.7. The van der Waals surface area contributed by atoms with Crippen molar-refractivity contribution < 1.29 is 19.5 Å². The molecule has 0 unspecified atom stereocenters. The third kappa shape index (κ3) is 1.84. The number of carbonyl (C=O) groups excluding carboxylic acids is 2. The molecular weight excluding hydrogens is 284 g/mol. The maximum atomic E-state index is 12.5. The summed E-state index contributed by atoms with van der Waals surface area (Å²) in [5, 5.41) is 18.1. The van der Waals surface area contributed by atoms with E-state index in [1.54, 1.807) is 12.1 Å². The average molecular weight is 292 g/mol. The molecule has 2 amide bonds. The molecular formula is C16H8N2O4. The van der Waals surface area contributed by atoms with E-state index in [4.69, 9.17) is 10.4 Å². The Hall–Kier alpha value is -3.46. The number of nitrogens with zero attached hydrogens (tertiary/aromatic N) is 2. The van der Waals surface area contributed by atoms with E-state index in [-0.39, 0.29) is 27.9 Å². The number of aromatic carboxylic acids is 1. The molecule has 22 heavy (non-hydrogen) atoms. The minimum Gasteiger partial charge on any atom is -0.478 e. The lowest BCUT2D eigenvalue weighted by Gasteiger charge is -2.14. The zero-order valence-electron chi connectivity index (χ0n) is 11.1. The van der Waals surface area contributed by atoms with E-state index in [9.17, 15) is 14.4 Å². The molecule has 6 nitrogen and oxygen atoms in total. The van der Waals surface area contributed by atoms with Crippen molar-refractivity contribution in [1.82, 2.24) is 0 Å². The molecule has 1 aliphatic heterocycles. The number of rotatable bonds is 2. The molecule has 1 N–H and O–H groups in total. The molecule has 106 valence electrons. The molecule has 6 heteroatoms. The molecule has 1 aliphatic rings. The molecule has 0 saturated heterocycles. The van der Waals surface area contributed by atoms with Gasteiger partial charge in [-0.05, 0) is 30.3 Å². The van der Waals surface area contributed by atoms with E-state index >= 15 is 0 Å². The van der Waals surface area contributed by atoms with Gasteiger partial charge in [-0.25, -0.2) is 9.69 Å². The topological polar surface area (TPSA) is 98.5 Å². The largest absolute Gasteiger partial charge is 0.478 e. The molecule has 0 fully saturated rings. The van der Waals surface area contributed by atoms with Crippen molar-refractivity contribution in [1.29, 1.82) is 5.26 Å². The second-order valence-electron chi connectivity index (χ2n) is 4.64. The lowest BCUT2D eigenvalue weighted by atomic mass is 10.1. The first-order chi connectivity index (χ1) is 10.5. The Bertz CT molecular complexity index is 880. The van der Waals surface area contributed by atoms with Crippen molar-refractivity contribution in [2.24, 2.45) is 0 Å². The van der Waals surface area contributed by atoms with Crippen LogP contribution in [0.3, 0.4) is 0 Å². The minimum atomic E-state index is -1.18. The van der Waals surface area contributed by atoms with Gasteiger partial charge in [0.05, 0.1) is 27.9 Å². The highest BCUT2D eigenvalue weighted by molar-refractivity contribution is 6.35. The summed E-state index contributed by atoms with van der Waals surface area (Å²) in [5.41, 5.74) is 0.458. The second kappa shape index (κ2) is 4.82. The van der Waals surface area contributed by atoms with Crippen molar-refractivity contribution in [3.05, 3.63) is 64.7 Å². The number of carboxylic acid groups (broad SMARTS) is 1. The number of anilines is 1. The molecule has 0 atom stereocenters. The van der Waals surface area contributed by atoms with E-state index in [1.807, 2.05) is 6.07 Å². The number of carbonyl (C=O) groups is 3. The fraction of sp³-hybridized carbons (Fsp3) is 0.